The minimum absolute atomic E-state index is 0.584. The molecule has 2 aliphatic rings. The van der Waals surface area contributed by atoms with Crippen LogP contribution in [-0.4, -0.2) is 40.4 Å². The molecule has 3 heterocycles. The molecule has 1 N–H and O–H groups in total. The second kappa shape index (κ2) is 4.42. The zero-order valence-electron chi connectivity index (χ0n) is 10.8. The summed E-state index contributed by atoms with van der Waals surface area (Å²) in [5.74, 6) is 0. The number of rotatable bonds is 2. The predicted molar refractivity (Wildman–Crippen MR) is 68.0 cm³/mol. The minimum atomic E-state index is 0.584. The summed E-state index contributed by atoms with van der Waals surface area (Å²) in [4.78, 5) is 2.55. The number of hydrogen-bond acceptors (Lipinski definition) is 3. The van der Waals surface area contributed by atoms with E-state index >= 15 is 0 Å². The Morgan fingerprint density at radius 2 is 2.35 bits per heavy atom. The number of fused-ring (bicyclic) bond motifs is 1. The molecule has 1 atom stereocenters. The molecular formula is C13H22N4. The highest BCUT2D eigenvalue weighted by Crippen LogP contribution is 2.26. The first kappa shape index (κ1) is 11.2. The van der Waals surface area contributed by atoms with Crippen LogP contribution in [0.2, 0.25) is 0 Å². The monoisotopic (exact) mass is 234 g/mol. The summed E-state index contributed by atoms with van der Waals surface area (Å²) in [6, 6.07) is 1.24. The van der Waals surface area contributed by atoms with Crippen molar-refractivity contribution in [1.29, 1.82) is 0 Å². The molecule has 0 bridgehead atoms. The lowest BCUT2D eigenvalue weighted by Crippen LogP contribution is -2.30. The summed E-state index contributed by atoms with van der Waals surface area (Å²) in [6.07, 6.45) is 4.45. The van der Waals surface area contributed by atoms with Gasteiger partial charge in [0.1, 0.15) is 0 Å². The number of aromatic nitrogens is 2. The van der Waals surface area contributed by atoms with Crippen LogP contribution in [-0.2, 0) is 13.0 Å². The SMILES string of the molecule is CC(C)N1CCC(n2ncc3c2CNCC3)C1. The zero-order chi connectivity index (χ0) is 11.8. The number of likely N-dealkylation sites (tertiary alicyclic amines) is 1. The van der Waals surface area contributed by atoms with Crippen molar-refractivity contribution in [2.75, 3.05) is 19.6 Å². The van der Waals surface area contributed by atoms with Crippen molar-refractivity contribution in [1.82, 2.24) is 20.0 Å². The Kier molecular flexibility index (Phi) is 2.92. The minimum Gasteiger partial charge on any atom is -0.311 e. The van der Waals surface area contributed by atoms with Gasteiger partial charge in [-0.2, -0.15) is 5.10 Å². The van der Waals surface area contributed by atoms with E-state index in [4.69, 9.17) is 0 Å². The van der Waals surface area contributed by atoms with Gasteiger partial charge >= 0.3 is 0 Å². The topological polar surface area (TPSA) is 33.1 Å². The van der Waals surface area contributed by atoms with Gasteiger partial charge in [0.2, 0.25) is 0 Å². The fourth-order valence-corrected chi connectivity index (χ4v) is 3.01. The average molecular weight is 234 g/mol. The summed E-state index contributed by atoms with van der Waals surface area (Å²) in [7, 11) is 0. The maximum atomic E-state index is 4.62. The molecule has 4 nitrogen and oxygen atoms in total. The summed E-state index contributed by atoms with van der Waals surface area (Å²) < 4.78 is 2.28. The van der Waals surface area contributed by atoms with Crippen LogP contribution >= 0.6 is 0 Å². The third kappa shape index (κ3) is 2.00. The first-order valence-electron chi connectivity index (χ1n) is 6.75. The molecule has 1 saturated heterocycles. The number of nitrogens with one attached hydrogen (secondary N) is 1. The maximum absolute atomic E-state index is 4.62. The van der Waals surface area contributed by atoms with Crippen LogP contribution in [0.15, 0.2) is 6.20 Å². The molecule has 3 rings (SSSR count). The van der Waals surface area contributed by atoms with Gasteiger partial charge in [-0.15, -0.1) is 0 Å². The van der Waals surface area contributed by atoms with Crippen LogP contribution in [0.25, 0.3) is 0 Å². The predicted octanol–water partition coefficient (Wildman–Crippen LogP) is 1.18. The van der Waals surface area contributed by atoms with Crippen LogP contribution in [0.3, 0.4) is 0 Å². The highest BCUT2D eigenvalue weighted by molar-refractivity contribution is 5.21. The molecule has 0 radical (unpaired) electrons. The van der Waals surface area contributed by atoms with Gasteiger partial charge in [0.15, 0.2) is 0 Å². The van der Waals surface area contributed by atoms with Crippen molar-refractivity contribution in [2.24, 2.45) is 0 Å². The summed E-state index contributed by atoms with van der Waals surface area (Å²) in [5.41, 5.74) is 2.87. The Morgan fingerprint density at radius 1 is 1.47 bits per heavy atom. The van der Waals surface area contributed by atoms with Gasteiger partial charge in [0.05, 0.1) is 17.9 Å². The Balaban J connectivity index is 1.79. The molecule has 4 heteroatoms. The first-order chi connectivity index (χ1) is 8.25. The Labute approximate surface area is 103 Å². The lowest BCUT2D eigenvalue weighted by Gasteiger charge is -2.22. The van der Waals surface area contributed by atoms with Crippen LogP contribution in [0.5, 0.6) is 0 Å². The molecular weight excluding hydrogens is 212 g/mol. The second-order valence-corrected chi connectivity index (χ2v) is 5.52. The standard InChI is InChI=1S/C13H22N4/c1-10(2)16-6-4-12(9-16)17-13-8-14-5-3-11(13)7-15-17/h7,10,12,14H,3-6,8-9H2,1-2H3. The highest BCUT2D eigenvalue weighted by Gasteiger charge is 2.28. The average Bonchev–Trinajstić information content (AvgIpc) is 2.95. The van der Waals surface area contributed by atoms with Crippen molar-refractivity contribution >= 4 is 0 Å². The quantitative estimate of drug-likeness (QED) is 0.834. The molecule has 0 spiro atoms. The molecule has 0 aromatic carbocycles. The van der Waals surface area contributed by atoms with E-state index in [2.05, 4.69) is 40.0 Å². The Morgan fingerprint density at radius 3 is 3.12 bits per heavy atom. The first-order valence-corrected chi connectivity index (χ1v) is 6.75. The van der Waals surface area contributed by atoms with E-state index in [1.807, 2.05) is 0 Å². The normalized spacial score (nSPS) is 25.5. The van der Waals surface area contributed by atoms with E-state index in [1.165, 1.54) is 24.2 Å². The van der Waals surface area contributed by atoms with Gasteiger partial charge in [-0.25, -0.2) is 0 Å². The van der Waals surface area contributed by atoms with Crippen molar-refractivity contribution < 1.29 is 0 Å². The fraction of sp³-hybridized carbons (Fsp3) is 0.769. The van der Waals surface area contributed by atoms with E-state index < -0.39 is 0 Å². The highest BCUT2D eigenvalue weighted by atomic mass is 15.3. The molecule has 0 saturated carbocycles. The molecule has 1 fully saturated rings. The van der Waals surface area contributed by atoms with Crippen molar-refractivity contribution in [3.05, 3.63) is 17.5 Å². The third-order valence-corrected chi connectivity index (χ3v) is 4.12. The van der Waals surface area contributed by atoms with E-state index in [9.17, 15) is 0 Å². The molecule has 2 aliphatic heterocycles. The lowest BCUT2D eigenvalue weighted by atomic mass is 10.1. The maximum Gasteiger partial charge on any atom is 0.0662 e. The third-order valence-electron chi connectivity index (χ3n) is 4.12. The van der Waals surface area contributed by atoms with Gasteiger partial charge < -0.3 is 5.32 Å². The Hall–Kier alpha value is -0.870. The largest absolute Gasteiger partial charge is 0.311 e. The summed E-state index contributed by atoms with van der Waals surface area (Å²) in [6.45, 7) is 9.02. The number of nitrogens with zero attached hydrogens (tertiary/aromatic N) is 3. The lowest BCUT2D eigenvalue weighted by molar-refractivity contribution is 0.261. The molecule has 94 valence electrons. The van der Waals surface area contributed by atoms with Crippen LogP contribution in [0.1, 0.15) is 37.6 Å². The molecule has 0 amide bonds. The van der Waals surface area contributed by atoms with Gasteiger partial charge in [-0.05, 0) is 38.8 Å². The molecule has 1 aromatic rings. The van der Waals surface area contributed by atoms with Gasteiger partial charge in [-0.3, -0.25) is 9.58 Å². The van der Waals surface area contributed by atoms with E-state index in [0.29, 0.717) is 12.1 Å². The smallest absolute Gasteiger partial charge is 0.0662 e. The molecule has 0 aliphatic carbocycles. The molecule has 17 heavy (non-hydrogen) atoms. The van der Waals surface area contributed by atoms with Gasteiger partial charge in [0.25, 0.3) is 0 Å². The van der Waals surface area contributed by atoms with E-state index in [-0.39, 0.29) is 0 Å². The van der Waals surface area contributed by atoms with Gasteiger partial charge in [0, 0.05) is 25.7 Å². The second-order valence-electron chi connectivity index (χ2n) is 5.52. The van der Waals surface area contributed by atoms with E-state index in [0.717, 1.165) is 26.1 Å². The molecule has 1 unspecified atom stereocenters. The zero-order valence-corrected chi connectivity index (χ0v) is 10.8. The molecule has 1 aromatic heterocycles. The summed E-state index contributed by atoms with van der Waals surface area (Å²) >= 11 is 0. The fourth-order valence-electron chi connectivity index (χ4n) is 3.01. The number of hydrogen-bond donors (Lipinski definition) is 1. The Bertz CT molecular complexity index is 396. The van der Waals surface area contributed by atoms with Crippen LogP contribution < -0.4 is 5.32 Å². The van der Waals surface area contributed by atoms with E-state index in [1.54, 1.807) is 0 Å². The van der Waals surface area contributed by atoms with Crippen molar-refractivity contribution in [3.8, 4) is 0 Å². The van der Waals surface area contributed by atoms with Crippen molar-refractivity contribution in [3.63, 3.8) is 0 Å². The summed E-state index contributed by atoms with van der Waals surface area (Å²) in [5, 5.41) is 8.07. The van der Waals surface area contributed by atoms with Crippen molar-refractivity contribution in [2.45, 2.75) is 45.3 Å². The van der Waals surface area contributed by atoms with Crippen LogP contribution in [0, 0.1) is 0 Å². The van der Waals surface area contributed by atoms with Gasteiger partial charge in [-0.1, -0.05) is 0 Å². The van der Waals surface area contributed by atoms with Crippen LogP contribution in [0.4, 0.5) is 0 Å².